The highest BCUT2D eigenvalue weighted by Crippen LogP contribution is 2.54. The van der Waals surface area contributed by atoms with Crippen molar-refractivity contribution >= 4 is 0 Å². The zero-order valence-corrected chi connectivity index (χ0v) is 10.6. The van der Waals surface area contributed by atoms with Gasteiger partial charge in [0, 0.05) is 17.8 Å². The number of hydrogen-bond donors (Lipinski definition) is 3. The molecule has 0 aromatic heterocycles. The molecule has 2 aliphatic rings. The van der Waals surface area contributed by atoms with Crippen LogP contribution in [0.2, 0.25) is 0 Å². The van der Waals surface area contributed by atoms with E-state index >= 15 is 0 Å². The number of rotatable bonds is 2. The topological polar surface area (TPSA) is 69.9 Å². The molecule has 1 aliphatic heterocycles. The molecule has 0 spiro atoms. The van der Waals surface area contributed by atoms with Crippen molar-refractivity contribution in [2.45, 2.75) is 51.1 Å². The molecule has 0 radical (unpaired) electrons. The van der Waals surface area contributed by atoms with E-state index in [4.69, 9.17) is 4.74 Å². The summed E-state index contributed by atoms with van der Waals surface area (Å²) in [5.74, 6) is 0.0167. The van der Waals surface area contributed by atoms with E-state index in [2.05, 4.69) is 0 Å². The normalized spacial score (nSPS) is 52.0. The summed E-state index contributed by atoms with van der Waals surface area (Å²) >= 11 is 0. The third-order valence-corrected chi connectivity index (χ3v) is 4.32. The smallest absolute Gasteiger partial charge is 0.0882 e. The molecule has 1 heterocycles. The van der Waals surface area contributed by atoms with Crippen LogP contribution in [0.15, 0.2) is 12.2 Å². The predicted octanol–water partition coefficient (Wildman–Crippen LogP) is 0.460. The molecule has 3 N–H and O–H groups in total. The number of ether oxygens (including phenoxy) is 1. The van der Waals surface area contributed by atoms with E-state index in [1.165, 1.54) is 0 Å². The third-order valence-electron chi connectivity index (χ3n) is 4.32. The number of aliphatic hydroxyl groups excluding tert-OH is 3. The second-order valence-corrected chi connectivity index (χ2v) is 5.93. The lowest BCUT2D eigenvalue weighted by molar-refractivity contribution is -0.113. The minimum atomic E-state index is -0.776. The standard InChI is InChI=1S/C13H22O4/c1-8(14)4-5-10-12(2)7-17-13(10,3)6-9(15)11(12)16/h4-5,8-11,14-16H,6-7H2,1-3H3/b5-4+/t8-,9-,10-,11+,12-,13-/m1/s1. The van der Waals surface area contributed by atoms with Crippen molar-refractivity contribution in [2.75, 3.05) is 6.61 Å². The molecular weight excluding hydrogens is 220 g/mol. The molecule has 17 heavy (non-hydrogen) atoms. The first kappa shape index (κ1) is 13.0. The van der Waals surface area contributed by atoms with Gasteiger partial charge in [-0.05, 0) is 13.8 Å². The number of hydrogen-bond acceptors (Lipinski definition) is 4. The zero-order valence-electron chi connectivity index (χ0n) is 10.6. The van der Waals surface area contributed by atoms with Crippen molar-refractivity contribution in [1.29, 1.82) is 0 Å². The van der Waals surface area contributed by atoms with Gasteiger partial charge in [-0.25, -0.2) is 0 Å². The Morgan fingerprint density at radius 3 is 2.59 bits per heavy atom. The maximum Gasteiger partial charge on any atom is 0.0882 e. The van der Waals surface area contributed by atoms with E-state index in [1.807, 2.05) is 19.9 Å². The van der Waals surface area contributed by atoms with E-state index in [0.717, 1.165) is 0 Å². The zero-order chi connectivity index (χ0) is 12.8. The summed E-state index contributed by atoms with van der Waals surface area (Å²) in [4.78, 5) is 0. The summed E-state index contributed by atoms with van der Waals surface area (Å²) < 4.78 is 5.80. The van der Waals surface area contributed by atoms with E-state index in [9.17, 15) is 15.3 Å². The van der Waals surface area contributed by atoms with Crippen molar-refractivity contribution < 1.29 is 20.1 Å². The first-order valence-electron chi connectivity index (χ1n) is 6.16. The van der Waals surface area contributed by atoms with Crippen LogP contribution in [0.25, 0.3) is 0 Å². The Labute approximate surface area is 102 Å². The van der Waals surface area contributed by atoms with Crippen LogP contribution in [-0.4, -0.2) is 45.8 Å². The van der Waals surface area contributed by atoms with E-state index in [1.54, 1.807) is 13.0 Å². The monoisotopic (exact) mass is 242 g/mol. The molecule has 2 fully saturated rings. The summed E-state index contributed by atoms with van der Waals surface area (Å²) in [6, 6.07) is 0. The summed E-state index contributed by atoms with van der Waals surface area (Å²) in [5.41, 5.74) is -0.920. The Kier molecular flexibility index (Phi) is 3.11. The van der Waals surface area contributed by atoms with Gasteiger partial charge in [-0.15, -0.1) is 0 Å². The Morgan fingerprint density at radius 2 is 2.00 bits per heavy atom. The second kappa shape index (κ2) is 4.05. The Morgan fingerprint density at radius 1 is 1.35 bits per heavy atom. The molecule has 1 saturated heterocycles. The van der Waals surface area contributed by atoms with Crippen LogP contribution < -0.4 is 0 Å². The largest absolute Gasteiger partial charge is 0.390 e. The summed E-state index contributed by atoms with van der Waals surface area (Å²) in [6.07, 6.45) is 2.06. The molecule has 1 aliphatic carbocycles. The van der Waals surface area contributed by atoms with Crippen LogP contribution in [0, 0.1) is 11.3 Å². The molecule has 2 bridgehead atoms. The lowest BCUT2D eigenvalue weighted by atomic mass is 9.61. The molecule has 98 valence electrons. The van der Waals surface area contributed by atoms with Crippen LogP contribution in [0.5, 0.6) is 0 Å². The van der Waals surface area contributed by atoms with Crippen LogP contribution in [0.4, 0.5) is 0 Å². The molecule has 6 atom stereocenters. The highest BCUT2D eigenvalue weighted by atomic mass is 16.5. The third kappa shape index (κ3) is 1.93. The van der Waals surface area contributed by atoms with Gasteiger partial charge in [0.05, 0.1) is 30.5 Å². The van der Waals surface area contributed by atoms with Gasteiger partial charge in [-0.3, -0.25) is 0 Å². The van der Waals surface area contributed by atoms with Crippen molar-refractivity contribution in [3.8, 4) is 0 Å². The fraction of sp³-hybridized carbons (Fsp3) is 0.846. The highest BCUT2D eigenvalue weighted by Gasteiger charge is 2.61. The molecule has 0 unspecified atom stereocenters. The summed E-state index contributed by atoms with van der Waals surface area (Å²) in [7, 11) is 0. The molecule has 4 nitrogen and oxygen atoms in total. The van der Waals surface area contributed by atoms with Gasteiger partial charge in [0.1, 0.15) is 0 Å². The molecule has 0 amide bonds. The number of fused-ring (bicyclic) bond motifs is 2. The highest BCUT2D eigenvalue weighted by molar-refractivity contribution is 5.17. The average Bonchev–Trinajstić information content (AvgIpc) is 2.43. The fourth-order valence-corrected chi connectivity index (χ4v) is 3.31. The van der Waals surface area contributed by atoms with Gasteiger partial charge >= 0.3 is 0 Å². The van der Waals surface area contributed by atoms with Gasteiger partial charge < -0.3 is 20.1 Å². The van der Waals surface area contributed by atoms with Crippen molar-refractivity contribution in [3.05, 3.63) is 12.2 Å². The lowest BCUT2D eigenvalue weighted by Gasteiger charge is -2.46. The van der Waals surface area contributed by atoms with Crippen molar-refractivity contribution in [3.63, 3.8) is 0 Å². The Hall–Kier alpha value is -0.420. The molecule has 2 rings (SSSR count). The predicted molar refractivity (Wildman–Crippen MR) is 63.4 cm³/mol. The van der Waals surface area contributed by atoms with Crippen LogP contribution in [0.3, 0.4) is 0 Å². The number of aliphatic hydroxyl groups is 3. The van der Waals surface area contributed by atoms with E-state index in [-0.39, 0.29) is 5.92 Å². The van der Waals surface area contributed by atoms with Crippen molar-refractivity contribution in [2.24, 2.45) is 11.3 Å². The first-order chi connectivity index (χ1) is 7.79. The lowest BCUT2D eigenvalue weighted by Crippen LogP contribution is -2.55. The summed E-state index contributed by atoms with van der Waals surface area (Å²) in [6.45, 7) is 6.03. The maximum absolute atomic E-state index is 10.1. The van der Waals surface area contributed by atoms with Gasteiger partial charge in [-0.2, -0.15) is 0 Å². The van der Waals surface area contributed by atoms with Gasteiger partial charge in [0.2, 0.25) is 0 Å². The second-order valence-electron chi connectivity index (χ2n) is 5.93. The quantitative estimate of drug-likeness (QED) is 0.615. The molecular formula is C13H22O4. The van der Waals surface area contributed by atoms with E-state index < -0.39 is 29.3 Å². The summed E-state index contributed by atoms with van der Waals surface area (Å²) in [5, 5.41) is 29.3. The van der Waals surface area contributed by atoms with Crippen molar-refractivity contribution in [1.82, 2.24) is 0 Å². The van der Waals surface area contributed by atoms with Crippen LogP contribution in [-0.2, 0) is 4.74 Å². The molecule has 1 saturated carbocycles. The first-order valence-corrected chi connectivity index (χ1v) is 6.16. The minimum Gasteiger partial charge on any atom is -0.390 e. The van der Waals surface area contributed by atoms with Gasteiger partial charge in [0.15, 0.2) is 0 Å². The molecule has 0 aromatic carbocycles. The fourth-order valence-electron chi connectivity index (χ4n) is 3.31. The Bertz CT molecular complexity index is 327. The van der Waals surface area contributed by atoms with Gasteiger partial charge in [-0.1, -0.05) is 19.1 Å². The molecule has 0 aromatic rings. The van der Waals surface area contributed by atoms with Crippen LogP contribution >= 0.6 is 0 Å². The van der Waals surface area contributed by atoms with E-state index in [0.29, 0.717) is 13.0 Å². The SMILES string of the molecule is C[C@@H](O)/C=C/[C@@H]1[C@@]2(C)CO[C@]1(C)C[C@@H](O)[C@@H]2O. The average molecular weight is 242 g/mol. The minimum absolute atomic E-state index is 0.0167. The maximum atomic E-state index is 10.1. The van der Waals surface area contributed by atoms with Crippen LogP contribution in [0.1, 0.15) is 27.2 Å². The van der Waals surface area contributed by atoms with Gasteiger partial charge in [0.25, 0.3) is 0 Å². The molecule has 4 heteroatoms. The Balaban J connectivity index is 2.31.